The van der Waals surface area contributed by atoms with Crippen LogP contribution in [0.25, 0.3) is 22.8 Å². The summed E-state index contributed by atoms with van der Waals surface area (Å²) < 4.78 is 36.5. The number of hydrogen-bond acceptors (Lipinski definition) is 9. The zero-order chi connectivity index (χ0) is 27.2. The number of halogens is 1. The Balaban J connectivity index is 1.45. The van der Waals surface area contributed by atoms with E-state index in [1.165, 1.54) is 24.1 Å². The predicted molar refractivity (Wildman–Crippen MR) is 136 cm³/mol. The van der Waals surface area contributed by atoms with E-state index in [-0.39, 0.29) is 23.2 Å². The van der Waals surface area contributed by atoms with Gasteiger partial charge in [0.15, 0.2) is 6.10 Å². The van der Waals surface area contributed by atoms with Gasteiger partial charge in [0.25, 0.3) is 11.8 Å². The molecule has 0 aliphatic rings. The molecule has 0 saturated heterocycles. The Hall–Kier alpha value is -4.12. The van der Waals surface area contributed by atoms with Gasteiger partial charge in [0.2, 0.25) is 17.5 Å². The van der Waals surface area contributed by atoms with Gasteiger partial charge < -0.3 is 23.4 Å². The molecular formula is C27H30FN5O5. The van der Waals surface area contributed by atoms with Crippen LogP contribution in [-0.4, -0.2) is 58.4 Å². The third kappa shape index (κ3) is 6.05. The van der Waals surface area contributed by atoms with Crippen molar-refractivity contribution in [1.29, 1.82) is 0 Å². The number of ether oxygens (including phenoxy) is 2. The quantitative estimate of drug-likeness (QED) is 0.258. The lowest BCUT2D eigenvalue weighted by Gasteiger charge is -2.17. The summed E-state index contributed by atoms with van der Waals surface area (Å²) in [4.78, 5) is 22.7. The second kappa shape index (κ2) is 12.0. The maximum absolute atomic E-state index is 14.8. The van der Waals surface area contributed by atoms with Crippen LogP contribution in [-0.2, 0) is 4.74 Å². The van der Waals surface area contributed by atoms with Gasteiger partial charge in [-0.3, -0.25) is 4.79 Å². The summed E-state index contributed by atoms with van der Waals surface area (Å²) in [5.74, 6) is 1.17. The van der Waals surface area contributed by atoms with Crippen molar-refractivity contribution in [2.75, 3.05) is 27.3 Å². The summed E-state index contributed by atoms with van der Waals surface area (Å²) in [6.45, 7) is 6.60. The van der Waals surface area contributed by atoms with E-state index in [1.54, 1.807) is 25.2 Å². The van der Waals surface area contributed by atoms with E-state index in [4.69, 9.17) is 18.5 Å². The molecule has 0 aliphatic heterocycles. The Bertz CT molecular complexity index is 1370. The Morgan fingerprint density at radius 2 is 1.63 bits per heavy atom. The lowest BCUT2D eigenvalue weighted by molar-refractivity contribution is 0.0739. The molecule has 0 saturated carbocycles. The second-order valence-corrected chi connectivity index (χ2v) is 9.02. The van der Waals surface area contributed by atoms with Crippen molar-refractivity contribution in [3.63, 3.8) is 0 Å². The SMILES string of the molecule is CCC(Oc1ccc(-c2noc(C(C)C)n2)cc1)c1nc(-c2ccc(C(=O)N(C)CCOC)c(F)c2)no1. The zero-order valence-electron chi connectivity index (χ0n) is 22.0. The number of aromatic nitrogens is 4. The molecule has 1 atom stereocenters. The molecule has 0 radical (unpaired) electrons. The average Bonchev–Trinajstić information content (AvgIpc) is 3.61. The maximum Gasteiger partial charge on any atom is 0.268 e. The molecule has 10 nitrogen and oxygen atoms in total. The molecule has 38 heavy (non-hydrogen) atoms. The number of methoxy groups -OCH3 is 1. The monoisotopic (exact) mass is 523 g/mol. The van der Waals surface area contributed by atoms with E-state index in [0.717, 1.165) is 5.56 Å². The van der Waals surface area contributed by atoms with E-state index in [9.17, 15) is 9.18 Å². The predicted octanol–water partition coefficient (Wildman–Crippen LogP) is 5.30. The lowest BCUT2D eigenvalue weighted by atomic mass is 10.1. The molecular weight excluding hydrogens is 493 g/mol. The highest BCUT2D eigenvalue weighted by Crippen LogP contribution is 2.28. The third-order valence-electron chi connectivity index (χ3n) is 5.85. The molecule has 0 aliphatic carbocycles. The van der Waals surface area contributed by atoms with Crippen molar-refractivity contribution < 1.29 is 27.7 Å². The topological polar surface area (TPSA) is 117 Å². The van der Waals surface area contributed by atoms with Gasteiger partial charge in [0, 0.05) is 37.7 Å². The standard InChI is InChI=1S/C27H30FN5O5/c1-6-22(36-19-10-7-17(8-11-19)23-29-25(16(2)3)37-31-23)26-30-24(32-38-26)18-9-12-20(21(28)15-18)27(34)33(4)13-14-35-5/h7-12,15-16,22H,6,13-14H2,1-5H3. The van der Waals surface area contributed by atoms with Gasteiger partial charge in [-0.05, 0) is 42.8 Å². The minimum absolute atomic E-state index is 0.0458. The van der Waals surface area contributed by atoms with Crippen LogP contribution in [0.5, 0.6) is 5.75 Å². The van der Waals surface area contributed by atoms with E-state index < -0.39 is 17.8 Å². The molecule has 11 heteroatoms. The Morgan fingerprint density at radius 3 is 2.24 bits per heavy atom. The van der Waals surface area contributed by atoms with Crippen LogP contribution >= 0.6 is 0 Å². The minimum atomic E-state index is -0.673. The van der Waals surface area contributed by atoms with E-state index >= 15 is 0 Å². The fourth-order valence-corrected chi connectivity index (χ4v) is 3.59. The lowest BCUT2D eigenvalue weighted by Crippen LogP contribution is -2.30. The number of nitrogens with zero attached hydrogens (tertiary/aromatic N) is 5. The number of carbonyl (C=O) groups excluding carboxylic acids is 1. The molecule has 2 heterocycles. The summed E-state index contributed by atoms with van der Waals surface area (Å²) in [5.41, 5.74) is 1.14. The number of benzene rings is 2. The first kappa shape index (κ1) is 26.9. The molecule has 2 aromatic carbocycles. The van der Waals surface area contributed by atoms with Crippen LogP contribution in [0.4, 0.5) is 4.39 Å². The van der Waals surface area contributed by atoms with Crippen LogP contribution < -0.4 is 4.74 Å². The average molecular weight is 524 g/mol. The Morgan fingerprint density at radius 1 is 1.00 bits per heavy atom. The fourth-order valence-electron chi connectivity index (χ4n) is 3.59. The van der Waals surface area contributed by atoms with Gasteiger partial charge in [-0.15, -0.1) is 0 Å². The molecule has 0 bridgehead atoms. The smallest absolute Gasteiger partial charge is 0.268 e. The molecule has 4 aromatic rings. The third-order valence-corrected chi connectivity index (χ3v) is 5.85. The van der Waals surface area contributed by atoms with E-state index in [0.29, 0.717) is 42.6 Å². The highest BCUT2D eigenvalue weighted by atomic mass is 19.1. The van der Waals surface area contributed by atoms with E-state index in [1.807, 2.05) is 32.9 Å². The normalized spacial score (nSPS) is 12.1. The van der Waals surface area contributed by atoms with Gasteiger partial charge in [-0.2, -0.15) is 9.97 Å². The summed E-state index contributed by atoms with van der Waals surface area (Å²) >= 11 is 0. The minimum Gasteiger partial charge on any atom is -0.481 e. The van der Waals surface area contributed by atoms with Gasteiger partial charge in [0.05, 0.1) is 12.2 Å². The van der Waals surface area contributed by atoms with Crippen molar-refractivity contribution in [2.45, 2.75) is 39.2 Å². The summed E-state index contributed by atoms with van der Waals surface area (Å²) in [5, 5.41) is 8.01. The van der Waals surface area contributed by atoms with Crippen molar-refractivity contribution in [2.24, 2.45) is 0 Å². The molecule has 0 spiro atoms. The van der Waals surface area contributed by atoms with Gasteiger partial charge in [-0.1, -0.05) is 37.2 Å². The summed E-state index contributed by atoms with van der Waals surface area (Å²) in [7, 11) is 3.13. The van der Waals surface area contributed by atoms with Gasteiger partial charge in [0.1, 0.15) is 11.6 Å². The zero-order valence-corrected chi connectivity index (χ0v) is 22.0. The van der Waals surface area contributed by atoms with Crippen molar-refractivity contribution in [3.05, 3.63) is 65.6 Å². The van der Waals surface area contributed by atoms with E-state index in [2.05, 4.69) is 20.3 Å². The van der Waals surface area contributed by atoms with Crippen LogP contribution in [0.1, 0.15) is 61.4 Å². The highest BCUT2D eigenvalue weighted by Gasteiger charge is 2.22. The molecule has 2 aromatic heterocycles. The van der Waals surface area contributed by atoms with Gasteiger partial charge in [-0.25, -0.2) is 4.39 Å². The molecule has 1 amide bonds. The second-order valence-electron chi connectivity index (χ2n) is 9.02. The number of hydrogen-bond donors (Lipinski definition) is 0. The van der Waals surface area contributed by atoms with Crippen LogP contribution in [0.2, 0.25) is 0 Å². The fraction of sp³-hybridized carbons (Fsp3) is 0.370. The van der Waals surface area contributed by atoms with Crippen molar-refractivity contribution in [3.8, 4) is 28.5 Å². The van der Waals surface area contributed by atoms with Crippen LogP contribution in [0.15, 0.2) is 51.5 Å². The highest BCUT2D eigenvalue weighted by molar-refractivity contribution is 5.94. The first-order valence-electron chi connectivity index (χ1n) is 12.3. The number of rotatable bonds is 11. The largest absolute Gasteiger partial charge is 0.481 e. The maximum atomic E-state index is 14.8. The molecule has 1 unspecified atom stereocenters. The Labute approximate surface area is 219 Å². The summed E-state index contributed by atoms with van der Waals surface area (Å²) in [6, 6.07) is 11.5. The van der Waals surface area contributed by atoms with Crippen LogP contribution in [0.3, 0.4) is 0 Å². The van der Waals surface area contributed by atoms with Crippen molar-refractivity contribution in [1.82, 2.24) is 25.2 Å². The molecule has 4 rings (SSSR count). The van der Waals surface area contributed by atoms with Gasteiger partial charge >= 0.3 is 0 Å². The number of amides is 1. The Kier molecular flexibility index (Phi) is 8.47. The molecule has 0 fully saturated rings. The molecule has 200 valence electrons. The first-order chi connectivity index (χ1) is 18.3. The van der Waals surface area contributed by atoms with Crippen LogP contribution in [0, 0.1) is 5.82 Å². The summed E-state index contributed by atoms with van der Waals surface area (Å²) in [6.07, 6.45) is 0.0432. The number of carbonyl (C=O) groups is 1. The first-order valence-corrected chi connectivity index (χ1v) is 12.3. The van der Waals surface area contributed by atoms with Crippen molar-refractivity contribution >= 4 is 5.91 Å². The number of likely N-dealkylation sites (N-methyl/N-ethyl adjacent to an activating group) is 1. The molecule has 0 N–H and O–H groups in total.